The zero-order valence-corrected chi connectivity index (χ0v) is 13.3. The van der Waals surface area contributed by atoms with E-state index in [1.54, 1.807) is 0 Å². The van der Waals surface area contributed by atoms with Gasteiger partial charge in [-0.15, -0.1) is 0 Å². The Morgan fingerprint density at radius 3 is 2.70 bits per heavy atom. The predicted molar refractivity (Wildman–Crippen MR) is 90.8 cm³/mol. The molecule has 0 unspecified atom stereocenters. The van der Waals surface area contributed by atoms with Gasteiger partial charge in [0, 0.05) is 18.7 Å². The summed E-state index contributed by atoms with van der Waals surface area (Å²) < 4.78 is 6.03. The Kier molecular flexibility index (Phi) is 5.29. The smallest absolute Gasteiger partial charge is 0.124 e. The molecule has 0 bridgehead atoms. The summed E-state index contributed by atoms with van der Waals surface area (Å²) >= 11 is 0. The van der Waals surface area contributed by atoms with E-state index in [9.17, 15) is 0 Å². The van der Waals surface area contributed by atoms with Gasteiger partial charge in [-0.1, -0.05) is 48.5 Å². The molecule has 2 aromatic rings. The number of benzene rings is 2. The fourth-order valence-electron chi connectivity index (χ4n) is 3.06. The van der Waals surface area contributed by atoms with Gasteiger partial charge in [-0.25, -0.2) is 0 Å². The van der Waals surface area contributed by atoms with Crippen LogP contribution in [0.3, 0.4) is 0 Å². The van der Waals surface area contributed by atoms with Crippen molar-refractivity contribution in [3.63, 3.8) is 0 Å². The third kappa shape index (κ3) is 4.34. The Balaban J connectivity index is 1.65. The Morgan fingerprint density at radius 1 is 1.09 bits per heavy atom. The quantitative estimate of drug-likeness (QED) is 0.837. The molecule has 0 N–H and O–H groups in total. The van der Waals surface area contributed by atoms with E-state index in [2.05, 4.69) is 35.2 Å². The van der Waals surface area contributed by atoms with Gasteiger partial charge >= 0.3 is 0 Å². The number of rotatable bonds is 5. The summed E-state index contributed by atoms with van der Waals surface area (Å²) in [5, 5.41) is 9.14. The van der Waals surface area contributed by atoms with Crippen LogP contribution in [0, 0.1) is 17.2 Å². The lowest BCUT2D eigenvalue weighted by Gasteiger charge is -2.30. The minimum Gasteiger partial charge on any atom is -0.489 e. The normalized spacial score (nSPS) is 18.3. The monoisotopic (exact) mass is 306 g/mol. The van der Waals surface area contributed by atoms with E-state index in [1.807, 2.05) is 30.3 Å². The highest BCUT2D eigenvalue weighted by Crippen LogP contribution is 2.24. The number of hydrogen-bond donors (Lipinski definition) is 0. The minimum absolute atomic E-state index is 0.168. The van der Waals surface area contributed by atoms with Crippen molar-refractivity contribution in [2.24, 2.45) is 5.92 Å². The summed E-state index contributed by atoms with van der Waals surface area (Å²) in [7, 11) is 0. The second-order valence-corrected chi connectivity index (χ2v) is 6.09. The molecule has 1 saturated heterocycles. The number of nitriles is 1. The highest BCUT2D eigenvalue weighted by molar-refractivity contribution is 5.33. The van der Waals surface area contributed by atoms with Crippen molar-refractivity contribution in [2.75, 3.05) is 13.1 Å². The predicted octanol–water partition coefficient (Wildman–Crippen LogP) is 4.00. The van der Waals surface area contributed by atoms with Gasteiger partial charge in [-0.05, 0) is 31.0 Å². The molecule has 1 fully saturated rings. The van der Waals surface area contributed by atoms with Crippen LogP contribution in [0.25, 0.3) is 0 Å². The Bertz CT molecular complexity index is 663. The lowest BCUT2D eigenvalue weighted by atomic mass is 9.99. The first-order valence-electron chi connectivity index (χ1n) is 8.22. The van der Waals surface area contributed by atoms with E-state index in [-0.39, 0.29) is 5.92 Å². The van der Waals surface area contributed by atoms with E-state index in [0.29, 0.717) is 6.61 Å². The van der Waals surface area contributed by atoms with Gasteiger partial charge in [0.1, 0.15) is 12.4 Å². The molecule has 0 radical (unpaired) electrons. The first-order chi connectivity index (χ1) is 11.3. The van der Waals surface area contributed by atoms with E-state index in [4.69, 9.17) is 10.00 Å². The third-order valence-corrected chi connectivity index (χ3v) is 4.29. The van der Waals surface area contributed by atoms with Crippen LogP contribution in [0.2, 0.25) is 0 Å². The average Bonchev–Trinajstić information content (AvgIpc) is 2.62. The zero-order valence-electron chi connectivity index (χ0n) is 13.3. The van der Waals surface area contributed by atoms with Crippen molar-refractivity contribution in [2.45, 2.75) is 26.0 Å². The number of piperidine rings is 1. The molecule has 0 aliphatic carbocycles. The first kappa shape index (κ1) is 15.6. The van der Waals surface area contributed by atoms with Crippen LogP contribution in [-0.2, 0) is 13.2 Å². The topological polar surface area (TPSA) is 36.3 Å². The lowest BCUT2D eigenvalue weighted by Crippen LogP contribution is -2.34. The van der Waals surface area contributed by atoms with Crippen LogP contribution >= 0.6 is 0 Å². The second-order valence-electron chi connectivity index (χ2n) is 6.09. The Morgan fingerprint density at radius 2 is 1.87 bits per heavy atom. The molecule has 0 saturated carbocycles. The van der Waals surface area contributed by atoms with E-state index < -0.39 is 0 Å². The first-order valence-corrected chi connectivity index (χ1v) is 8.22. The highest BCUT2D eigenvalue weighted by Gasteiger charge is 2.20. The standard InChI is InChI=1S/C20H22N2O/c21-13-18-9-6-12-22(14-18)15-19-10-4-5-11-20(19)23-16-17-7-2-1-3-8-17/h1-5,7-8,10-11,18H,6,9,12,14-16H2/t18-/m1/s1. The zero-order chi connectivity index (χ0) is 15.9. The van der Waals surface area contributed by atoms with Crippen LogP contribution in [0.4, 0.5) is 0 Å². The molecule has 1 heterocycles. The van der Waals surface area contributed by atoms with Crippen LogP contribution in [0.5, 0.6) is 5.75 Å². The van der Waals surface area contributed by atoms with Crippen molar-refractivity contribution in [1.82, 2.24) is 4.90 Å². The summed E-state index contributed by atoms with van der Waals surface area (Å²) in [6.07, 6.45) is 2.13. The molecule has 3 nitrogen and oxygen atoms in total. The minimum atomic E-state index is 0.168. The summed E-state index contributed by atoms with van der Waals surface area (Å²) in [6, 6.07) is 20.8. The van der Waals surface area contributed by atoms with Gasteiger partial charge in [0.25, 0.3) is 0 Å². The van der Waals surface area contributed by atoms with Crippen molar-refractivity contribution >= 4 is 0 Å². The largest absolute Gasteiger partial charge is 0.489 e. The van der Waals surface area contributed by atoms with Gasteiger partial charge in [0.15, 0.2) is 0 Å². The molecular weight excluding hydrogens is 284 g/mol. The van der Waals surface area contributed by atoms with Crippen LogP contribution < -0.4 is 4.74 Å². The molecule has 2 aromatic carbocycles. The molecule has 3 heteroatoms. The maximum absolute atomic E-state index is 9.14. The number of para-hydroxylation sites is 1. The molecule has 118 valence electrons. The van der Waals surface area contributed by atoms with E-state index >= 15 is 0 Å². The molecule has 3 rings (SSSR count). The van der Waals surface area contributed by atoms with E-state index in [0.717, 1.165) is 38.2 Å². The molecule has 0 aromatic heterocycles. The fourth-order valence-corrected chi connectivity index (χ4v) is 3.06. The van der Waals surface area contributed by atoms with Gasteiger partial charge < -0.3 is 4.74 Å². The fraction of sp³-hybridized carbons (Fsp3) is 0.350. The molecule has 0 amide bonds. The van der Waals surface area contributed by atoms with Gasteiger partial charge in [0.2, 0.25) is 0 Å². The van der Waals surface area contributed by atoms with Crippen LogP contribution in [0.1, 0.15) is 24.0 Å². The van der Waals surface area contributed by atoms with Crippen molar-refractivity contribution in [3.8, 4) is 11.8 Å². The van der Waals surface area contributed by atoms with Gasteiger partial charge in [-0.2, -0.15) is 5.26 Å². The Hall–Kier alpha value is -2.31. The van der Waals surface area contributed by atoms with Crippen molar-refractivity contribution in [1.29, 1.82) is 5.26 Å². The van der Waals surface area contributed by atoms with Gasteiger partial charge in [-0.3, -0.25) is 4.90 Å². The maximum Gasteiger partial charge on any atom is 0.124 e. The molecule has 1 aliphatic rings. The third-order valence-electron chi connectivity index (χ3n) is 4.29. The lowest BCUT2D eigenvalue weighted by molar-refractivity contribution is 0.188. The summed E-state index contributed by atoms with van der Waals surface area (Å²) in [6.45, 7) is 3.36. The average molecular weight is 306 g/mol. The number of nitrogens with zero attached hydrogens (tertiary/aromatic N) is 2. The second kappa shape index (κ2) is 7.80. The highest BCUT2D eigenvalue weighted by atomic mass is 16.5. The molecular formula is C20H22N2O. The summed E-state index contributed by atoms with van der Waals surface area (Å²) in [5.74, 6) is 1.11. The number of ether oxygens (including phenoxy) is 1. The van der Waals surface area contributed by atoms with Gasteiger partial charge in [0.05, 0.1) is 12.0 Å². The number of hydrogen-bond acceptors (Lipinski definition) is 3. The van der Waals surface area contributed by atoms with Crippen molar-refractivity contribution < 1.29 is 4.74 Å². The maximum atomic E-state index is 9.14. The summed E-state index contributed by atoms with van der Waals surface area (Å²) in [4.78, 5) is 2.36. The summed E-state index contributed by atoms with van der Waals surface area (Å²) in [5.41, 5.74) is 2.37. The number of likely N-dealkylation sites (tertiary alicyclic amines) is 1. The molecule has 0 spiro atoms. The molecule has 23 heavy (non-hydrogen) atoms. The van der Waals surface area contributed by atoms with Crippen LogP contribution in [0.15, 0.2) is 54.6 Å². The molecule has 1 aliphatic heterocycles. The Labute approximate surface area is 138 Å². The van der Waals surface area contributed by atoms with E-state index in [1.165, 1.54) is 11.1 Å². The SMILES string of the molecule is N#C[C@H]1CCCN(Cc2ccccc2OCc2ccccc2)C1. The van der Waals surface area contributed by atoms with Crippen LogP contribution in [-0.4, -0.2) is 18.0 Å². The van der Waals surface area contributed by atoms with Crippen molar-refractivity contribution in [3.05, 3.63) is 65.7 Å². The molecule has 1 atom stereocenters.